The van der Waals surface area contributed by atoms with Gasteiger partial charge in [0, 0.05) is 17.5 Å². The summed E-state index contributed by atoms with van der Waals surface area (Å²) in [5.74, 6) is -1.56. The second kappa shape index (κ2) is 7.55. The molecule has 124 valence electrons. The summed E-state index contributed by atoms with van der Waals surface area (Å²) >= 11 is 0. The number of benzene rings is 2. The Morgan fingerprint density at radius 3 is 2.29 bits per heavy atom. The summed E-state index contributed by atoms with van der Waals surface area (Å²) in [6, 6.07) is 10.8. The fraction of sp³-hybridized carbons (Fsp3) is 0.158. The van der Waals surface area contributed by atoms with Crippen LogP contribution in [0, 0.1) is 19.7 Å². The normalized spacial score (nSPS) is 11.1. The number of Topliss-reactive ketones (excluding diaryl/α,β-unsaturated/α-hetero) is 1. The van der Waals surface area contributed by atoms with Crippen LogP contribution in [0.25, 0.3) is 0 Å². The molecule has 5 heteroatoms. The Labute approximate surface area is 140 Å². The SMILES string of the molecule is COC(=O)/C(=C\Nc1ccc(F)cc1)C(=O)c1ccc(C)c(C)c1. The van der Waals surface area contributed by atoms with Crippen LogP contribution in [-0.2, 0) is 9.53 Å². The van der Waals surface area contributed by atoms with E-state index in [2.05, 4.69) is 10.1 Å². The lowest BCUT2D eigenvalue weighted by Gasteiger charge is -2.08. The van der Waals surface area contributed by atoms with E-state index in [0.717, 1.165) is 11.1 Å². The van der Waals surface area contributed by atoms with Crippen LogP contribution in [0.4, 0.5) is 10.1 Å². The van der Waals surface area contributed by atoms with Crippen molar-refractivity contribution in [2.75, 3.05) is 12.4 Å². The smallest absolute Gasteiger partial charge is 0.343 e. The minimum absolute atomic E-state index is 0.134. The van der Waals surface area contributed by atoms with Crippen LogP contribution in [0.3, 0.4) is 0 Å². The highest BCUT2D eigenvalue weighted by Crippen LogP contribution is 2.16. The second-order valence-electron chi connectivity index (χ2n) is 5.33. The van der Waals surface area contributed by atoms with Gasteiger partial charge in [0.05, 0.1) is 7.11 Å². The fourth-order valence-electron chi connectivity index (χ4n) is 2.07. The third kappa shape index (κ3) is 4.07. The Hall–Kier alpha value is -2.95. The quantitative estimate of drug-likeness (QED) is 0.298. The molecule has 4 nitrogen and oxygen atoms in total. The summed E-state index contributed by atoms with van der Waals surface area (Å²) in [7, 11) is 1.21. The van der Waals surface area contributed by atoms with E-state index in [4.69, 9.17) is 0 Å². The predicted molar refractivity (Wildman–Crippen MR) is 90.4 cm³/mol. The molecule has 0 aliphatic heterocycles. The zero-order chi connectivity index (χ0) is 17.7. The third-order valence-electron chi connectivity index (χ3n) is 3.65. The van der Waals surface area contributed by atoms with Crippen LogP contribution >= 0.6 is 0 Å². The number of halogens is 1. The average Bonchev–Trinajstić information content (AvgIpc) is 2.58. The van der Waals surface area contributed by atoms with Crippen molar-refractivity contribution in [3.63, 3.8) is 0 Å². The molecule has 0 aliphatic rings. The lowest BCUT2D eigenvalue weighted by atomic mass is 9.99. The number of aryl methyl sites for hydroxylation is 2. The van der Waals surface area contributed by atoms with E-state index in [-0.39, 0.29) is 11.4 Å². The minimum Gasteiger partial charge on any atom is -0.465 e. The summed E-state index contributed by atoms with van der Waals surface area (Å²) in [5.41, 5.74) is 2.82. The van der Waals surface area contributed by atoms with Crippen molar-refractivity contribution in [3.8, 4) is 0 Å². The van der Waals surface area contributed by atoms with E-state index < -0.39 is 11.8 Å². The Bertz CT molecular complexity index is 795. The van der Waals surface area contributed by atoms with Crippen molar-refractivity contribution >= 4 is 17.4 Å². The molecule has 0 aromatic heterocycles. The third-order valence-corrected chi connectivity index (χ3v) is 3.65. The Morgan fingerprint density at radius 2 is 1.71 bits per heavy atom. The van der Waals surface area contributed by atoms with Crippen LogP contribution in [0.15, 0.2) is 54.2 Å². The molecule has 0 amide bonds. The summed E-state index contributed by atoms with van der Waals surface area (Å²) in [4.78, 5) is 24.6. The van der Waals surface area contributed by atoms with Gasteiger partial charge >= 0.3 is 5.97 Å². The molecule has 1 N–H and O–H groups in total. The number of hydrogen-bond donors (Lipinski definition) is 1. The van der Waals surface area contributed by atoms with Crippen LogP contribution < -0.4 is 5.32 Å². The van der Waals surface area contributed by atoms with Crippen molar-refractivity contribution in [2.24, 2.45) is 0 Å². The number of carbonyl (C=O) groups is 2. The number of esters is 1. The van der Waals surface area contributed by atoms with Gasteiger partial charge in [-0.2, -0.15) is 0 Å². The number of anilines is 1. The van der Waals surface area contributed by atoms with Crippen molar-refractivity contribution in [2.45, 2.75) is 13.8 Å². The molecule has 2 aromatic rings. The maximum Gasteiger partial charge on any atom is 0.343 e. The van der Waals surface area contributed by atoms with Crippen molar-refractivity contribution in [3.05, 3.63) is 76.7 Å². The van der Waals surface area contributed by atoms with E-state index in [1.165, 1.54) is 37.6 Å². The molecule has 0 fully saturated rings. The average molecular weight is 327 g/mol. The Kier molecular flexibility index (Phi) is 5.47. The van der Waals surface area contributed by atoms with Gasteiger partial charge in [-0.15, -0.1) is 0 Å². The highest BCUT2D eigenvalue weighted by atomic mass is 19.1. The van der Waals surface area contributed by atoms with Gasteiger partial charge in [-0.25, -0.2) is 9.18 Å². The molecular weight excluding hydrogens is 309 g/mol. The standard InChI is InChI=1S/C19H18FNO3/c1-12-4-5-14(10-13(12)2)18(22)17(19(23)24-3)11-21-16-8-6-15(20)7-9-16/h4-11,21H,1-3H3/b17-11-. The summed E-state index contributed by atoms with van der Waals surface area (Å²) in [6.07, 6.45) is 1.27. The van der Waals surface area contributed by atoms with Gasteiger partial charge in [-0.05, 0) is 55.3 Å². The molecule has 0 saturated carbocycles. The molecule has 0 spiro atoms. The first-order valence-electron chi connectivity index (χ1n) is 7.35. The molecule has 0 radical (unpaired) electrons. The molecular formula is C19H18FNO3. The molecule has 0 saturated heterocycles. The first-order chi connectivity index (χ1) is 11.4. The lowest BCUT2D eigenvalue weighted by Crippen LogP contribution is -2.16. The van der Waals surface area contributed by atoms with Gasteiger partial charge in [0.25, 0.3) is 0 Å². The molecule has 0 aliphatic carbocycles. The number of methoxy groups -OCH3 is 1. The number of carbonyl (C=O) groups excluding carboxylic acids is 2. The minimum atomic E-state index is -0.743. The molecule has 24 heavy (non-hydrogen) atoms. The predicted octanol–water partition coefficient (Wildman–Crippen LogP) is 3.79. The van der Waals surface area contributed by atoms with Crippen LogP contribution in [0.2, 0.25) is 0 Å². The Balaban J connectivity index is 2.31. The van der Waals surface area contributed by atoms with Gasteiger partial charge in [-0.1, -0.05) is 12.1 Å². The molecule has 0 unspecified atom stereocenters. The highest BCUT2D eigenvalue weighted by Gasteiger charge is 2.21. The molecule has 0 bridgehead atoms. The molecule has 2 rings (SSSR count). The van der Waals surface area contributed by atoms with Crippen LogP contribution in [-0.4, -0.2) is 18.9 Å². The van der Waals surface area contributed by atoms with E-state index in [1.54, 1.807) is 12.1 Å². The summed E-state index contributed by atoms with van der Waals surface area (Å²) < 4.78 is 17.6. The van der Waals surface area contributed by atoms with E-state index in [0.29, 0.717) is 11.3 Å². The molecule has 2 aromatic carbocycles. The van der Waals surface area contributed by atoms with E-state index >= 15 is 0 Å². The number of nitrogens with one attached hydrogen (secondary N) is 1. The highest BCUT2D eigenvalue weighted by molar-refractivity contribution is 6.24. The number of hydrogen-bond acceptors (Lipinski definition) is 4. The van der Waals surface area contributed by atoms with E-state index in [1.807, 2.05) is 19.9 Å². The van der Waals surface area contributed by atoms with Gasteiger partial charge in [0.2, 0.25) is 5.78 Å². The summed E-state index contributed by atoms with van der Waals surface area (Å²) in [5, 5.41) is 2.81. The monoisotopic (exact) mass is 327 g/mol. The van der Waals surface area contributed by atoms with Crippen molar-refractivity contribution in [1.82, 2.24) is 0 Å². The fourth-order valence-corrected chi connectivity index (χ4v) is 2.07. The first kappa shape index (κ1) is 17.4. The largest absolute Gasteiger partial charge is 0.465 e. The molecule has 0 heterocycles. The lowest BCUT2D eigenvalue weighted by molar-refractivity contribution is -0.135. The number of rotatable bonds is 5. The van der Waals surface area contributed by atoms with Crippen LogP contribution in [0.1, 0.15) is 21.5 Å². The zero-order valence-electron chi connectivity index (χ0n) is 13.7. The van der Waals surface area contributed by atoms with Gasteiger partial charge < -0.3 is 10.1 Å². The first-order valence-corrected chi connectivity index (χ1v) is 7.35. The van der Waals surface area contributed by atoms with Gasteiger partial charge in [0.1, 0.15) is 11.4 Å². The summed E-state index contributed by atoms with van der Waals surface area (Å²) in [6.45, 7) is 3.83. The maximum atomic E-state index is 12.9. The van der Waals surface area contributed by atoms with Crippen molar-refractivity contribution in [1.29, 1.82) is 0 Å². The number of ketones is 1. The second-order valence-corrected chi connectivity index (χ2v) is 5.33. The molecule has 0 atom stereocenters. The maximum absolute atomic E-state index is 12.9. The Morgan fingerprint density at radius 1 is 1.04 bits per heavy atom. The van der Waals surface area contributed by atoms with E-state index in [9.17, 15) is 14.0 Å². The zero-order valence-corrected chi connectivity index (χ0v) is 13.7. The van der Waals surface area contributed by atoms with Crippen LogP contribution in [0.5, 0.6) is 0 Å². The van der Waals surface area contributed by atoms with Gasteiger partial charge in [-0.3, -0.25) is 4.79 Å². The van der Waals surface area contributed by atoms with Gasteiger partial charge in [0.15, 0.2) is 0 Å². The number of ether oxygens (including phenoxy) is 1. The van der Waals surface area contributed by atoms with Crippen molar-refractivity contribution < 1.29 is 18.7 Å². The topological polar surface area (TPSA) is 55.4 Å².